The molecule has 2 rings (SSSR count). The minimum atomic E-state index is -3.62. The summed E-state index contributed by atoms with van der Waals surface area (Å²) in [6.07, 6.45) is 1.06. The quantitative estimate of drug-likeness (QED) is 0.857. The summed E-state index contributed by atoms with van der Waals surface area (Å²) in [5.74, 6) is -0.806. The van der Waals surface area contributed by atoms with Gasteiger partial charge in [-0.3, -0.25) is 9.10 Å². The second-order valence-corrected chi connectivity index (χ2v) is 7.82. The number of nitrogens with zero attached hydrogens (tertiary/aromatic N) is 1. The van der Waals surface area contributed by atoms with Crippen molar-refractivity contribution in [3.05, 3.63) is 65.0 Å². The fourth-order valence-corrected chi connectivity index (χ4v) is 3.27. The average molecular weight is 364 g/mol. The maximum Gasteiger partial charge on any atom is 0.241 e. The molecule has 134 valence electrons. The zero-order valence-electron chi connectivity index (χ0n) is 14.4. The Labute approximate surface area is 147 Å². The van der Waals surface area contributed by atoms with Crippen LogP contribution in [0.2, 0.25) is 0 Å². The first-order valence-electron chi connectivity index (χ1n) is 7.73. The number of hydrogen-bond donors (Lipinski definition) is 1. The first-order chi connectivity index (χ1) is 11.7. The first-order valence-corrected chi connectivity index (χ1v) is 9.58. The van der Waals surface area contributed by atoms with Crippen molar-refractivity contribution in [2.45, 2.75) is 20.4 Å². The highest BCUT2D eigenvalue weighted by Crippen LogP contribution is 2.21. The van der Waals surface area contributed by atoms with Gasteiger partial charge in [0.05, 0.1) is 11.9 Å². The number of halogens is 1. The van der Waals surface area contributed by atoms with Gasteiger partial charge in [0.1, 0.15) is 12.4 Å². The summed E-state index contributed by atoms with van der Waals surface area (Å²) >= 11 is 0. The zero-order chi connectivity index (χ0) is 18.6. The third kappa shape index (κ3) is 5.03. The third-order valence-corrected chi connectivity index (χ3v) is 4.92. The summed E-state index contributed by atoms with van der Waals surface area (Å²) in [5.41, 5.74) is 2.35. The maximum absolute atomic E-state index is 13.5. The number of carbonyl (C=O) groups excluding carboxylic acids is 1. The highest BCUT2D eigenvalue weighted by Gasteiger charge is 2.21. The van der Waals surface area contributed by atoms with E-state index in [-0.39, 0.29) is 18.9 Å². The lowest BCUT2D eigenvalue weighted by molar-refractivity contribution is -0.119. The van der Waals surface area contributed by atoms with Gasteiger partial charge >= 0.3 is 0 Å². The molecule has 0 unspecified atom stereocenters. The Hall–Kier alpha value is -2.41. The van der Waals surface area contributed by atoms with E-state index in [4.69, 9.17) is 0 Å². The van der Waals surface area contributed by atoms with Crippen molar-refractivity contribution < 1.29 is 17.6 Å². The van der Waals surface area contributed by atoms with Gasteiger partial charge in [-0.05, 0) is 42.7 Å². The molecular formula is C18H21FN2O3S. The molecule has 0 saturated carbocycles. The Morgan fingerprint density at radius 2 is 1.80 bits per heavy atom. The summed E-state index contributed by atoms with van der Waals surface area (Å²) in [6.45, 7) is 3.23. The molecule has 5 nitrogen and oxygen atoms in total. The number of anilines is 1. The monoisotopic (exact) mass is 364 g/mol. The fraction of sp³-hybridized carbons (Fsp3) is 0.278. The van der Waals surface area contributed by atoms with Gasteiger partial charge in [-0.25, -0.2) is 12.8 Å². The molecule has 0 atom stereocenters. The van der Waals surface area contributed by atoms with E-state index in [2.05, 4.69) is 5.32 Å². The van der Waals surface area contributed by atoms with Crippen molar-refractivity contribution in [3.63, 3.8) is 0 Å². The number of carbonyl (C=O) groups is 1. The number of rotatable bonds is 6. The van der Waals surface area contributed by atoms with E-state index in [1.54, 1.807) is 50.2 Å². The smallest absolute Gasteiger partial charge is 0.241 e. The third-order valence-electron chi connectivity index (χ3n) is 3.80. The van der Waals surface area contributed by atoms with Crippen LogP contribution in [0.25, 0.3) is 0 Å². The summed E-state index contributed by atoms with van der Waals surface area (Å²) in [4.78, 5) is 12.2. The Bertz CT molecular complexity index is 882. The molecule has 7 heteroatoms. The van der Waals surface area contributed by atoms with E-state index in [1.807, 2.05) is 0 Å². The van der Waals surface area contributed by atoms with Gasteiger partial charge in [-0.2, -0.15) is 0 Å². The van der Waals surface area contributed by atoms with Gasteiger partial charge < -0.3 is 5.32 Å². The molecule has 0 fully saturated rings. The van der Waals surface area contributed by atoms with Crippen LogP contribution < -0.4 is 9.62 Å². The predicted molar refractivity (Wildman–Crippen MR) is 96.4 cm³/mol. The molecule has 0 bridgehead atoms. The van der Waals surface area contributed by atoms with Crippen LogP contribution in [0.5, 0.6) is 0 Å². The first kappa shape index (κ1) is 18.9. The van der Waals surface area contributed by atoms with Gasteiger partial charge in [0.2, 0.25) is 15.9 Å². The molecule has 1 amide bonds. The van der Waals surface area contributed by atoms with Gasteiger partial charge in [0.15, 0.2) is 0 Å². The second-order valence-electron chi connectivity index (χ2n) is 5.92. The maximum atomic E-state index is 13.5. The van der Waals surface area contributed by atoms with Crippen LogP contribution in [0.3, 0.4) is 0 Å². The van der Waals surface area contributed by atoms with Crippen molar-refractivity contribution in [1.29, 1.82) is 0 Å². The lowest BCUT2D eigenvalue weighted by atomic mass is 10.1. The summed E-state index contributed by atoms with van der Waals surface area (Å²) < 4.78 is 38.7. The largest absolute Gasteiger partial charge is 0.350 e. The van der Waals surface area contributed by atoms with E-state index in [0.717, 1.165) is 16.1 Å². The van der Waals surface area contributed by atoms with Crippen molar-refractivity contribution >= 4 is 21.6 Å². The van der Waals surface area contributed by atoms with Crippen molar-refractivity contribution in [1.82, 2.24) is 5.32 Å². The van der Waals surface area contributed by atoms with Crippen LogP contribution in [-0.2, 0) is 21.4 Å². The lowest BCUT2D eigenvalue weighted by Gasteiger charge is -2.23. The molecule has 1 N–H and O–H groups in total. The molecular weight excluding hydrogens is 343 g/mol. The minimum absolute atomic E-state index is 0.126. The van der Waals surface area contributed by atoms with Crippen molar-refractivity contribution in [2.75, 3.05) is 17.1 Å². The van der Waals surface area contributed by atoms with Crippen LogP contribution >= 0.6 is 0 Å². The molecule has 0 aliphatic rings. The van der Waals surface area contributed by atoms with Gasteiger partial charge in [0, 0.05) is 6.54 Å². The van der Waals surface area contributed by atoms with Crippen LogP contribution in [-0.4, -0.2) is 27.1 Å². The number of sulfonamides is 1. The Kier molecular flexibility index (Phi) is 5.79. The number of nitrogens with one attached hydrogen (secondary N) is 1. The molecule has 0 aliphatic heterocycles. The molecule has 0 spiro atoms. The number of amides is 1. The molecule has 0 saturated heterocycles. The molecule has 0 aliphatic carbocycles. The van der Waals surface area contributed by atoms with Crippen LogP contribution in [0.1, 0.15) is 16.7 Å². The fourth-order valence-electron chi connectivity index (χ4n) is 2.36. The van der Waals surface area contributed by atoms with Crippen LogP contribution in [0.4, 0.5) is 10.1 Å². The number of hydrogen-bond acceptors (Lipinski definition) is 3. The van der Waals surface area contributed by atoms with Gasteiger partial charge in [-0.1, -0.05) is 30.3 Å². The SMILES string of the molecule is Cc1ccc(CNC(=O)CN(c2ccccc2C)S(C)(=O)=O)cc1F. The highest BCUT2D eigenvalue weighted by molar-refractivity contribution is 7.92. The molecule has 0 aromatic heterocycles. The summed E-state index contributed by atoms with van der Waals surface area (Å²) in [5, 5.41) is 2.63. The van der Waals surface area contributed by atoms with E-state index in [0.29, 0.717) is 16.8 Å². The standard InChI is InChI=1S/C18H21FN2O3S/c1-13-8-9-15(10-16(13)19)11-20-18(22)12-21(25(3,23)24)17-7-5-4-6-14(17)2/h4-10H,11-12H2,1-3H3,(H,20,22). The van der Waals surface area contributed by atoms with E-state index < -0.39 is 15.9 Å². The van der Waals surface area contributed by atoms with Crippen molar-refractivity contribution in [3.8, 4) is 0 Å². The van der Waals surface area contributed by atoms with E-state index in [1.165, 1.54) is 6.07 Å². The summed E-state index contributed by atoms with van der Waals surface area (Å²) in [7, 11) is -3.62. The Morgan fingerprint density at radius 1 is 1.12 bits per heavy atom. The number of benzene rings is 2. The molecule has 2 aromatic rings. The Morgan fingerprint density at radius 3 is 2.40 bits per heavy atom. The second kappa shape index (κ2) is 7.65. The summed E-state index contributed by atoms with van der Waals surface area (Å²) in [6, 6.07) is 11.6. The number of para-hydroxylation sites is 1. The predicted octanol–water partition coefficient (Wildman–Crippen LogP) is 2.52. The van der Waals surface area contributed by atoms with Gasteiger partial charge in [0.25, 0.3) is 0 Å². The topological polar surface area (TPSA) is 66.5 Å². The van der Waals surface area contributed by atoms with Crippen molar-refractivity contribution in [2.24, 2.45) is 0 Å². The molecule has 0 radical (unpaired) electrons. The Balaban J connectivity index is 2.10. The molecule has 2 aromatic carbocycles. The van der Waals surface area contributed by atoms with E-state index in [9.17, 15) is 17.6 Å². The van der Waals surface area contributed by atoms with E-state index >= 15 is 0 Å². The molecule has 25 heavy (non-hydrogen) atoms. The van der Waals surface area contributed by atoms with Crippen LogP contribution in [0.15, 0.2) is 42.5 Å². The normalized spacial score (nSPS) is 11.2. The number of aryl methyl sites for hydroxylation is 2. The van der Waals surface area contributed by atoms with Gasteiger partial charge in [-0.15, -0.1) is 0 Å². The minimum Gasteiger partial charge on any atom is -0.350 e. The molecule has 0 heterocycles. The van der Waals surface area contributed by atoms with Crippen LogP contribution in [0, 0.1) is 19.7 Å². The lowest BCUT2D eigenvalue weighted by Crippen LogP contribution is -2.40. The highest BCUT2D eigenvalue weighted by atomic mass is 32.2. The average Bonchev–Trinajstić information content (AvgIpc) is 2.53. The zero-order valence-corrected chi connectivity index (χ0v) is 15.2.